The van der Waals surface area contributed by atoms with E-state index in [9.17, 15) is 0 Å². The van der Waals surface area contributed by atoms with Gasteiger partial charge in [-0.25, -0.2) is 0 Å². The number of benzene rings is 1. The van der Waals surface area contributed by atoms with Gasteiger partial charge in [-0.1, -0.05) is 19.1 Å². The highest BCUT2D eigenvalue weighted by Gasteiger charge is 2.04. The number of hydrogen-bond donors (Lipinski definition) is 0. The zero-order chi connectivity index (χ0) is 11.3. The first-order valence-corrected chi connectivity index (χ1v) is 5.44. The molecule has 1 rings (SSSR count). The third kappa shape index (κ3) is 2.79. The average Bonchev–Trinajstić information content (AvgIpc) is 2.23. The van der Waals surface area contributed by atoms with Crippen LogP contribution in [0, 0.1) is 6.92 Å². The molecular weight excluding hydrogens is 182 g/mol. The molecule has 0 saturated heterocycles. The van der Waals surface area contributed by atoms with Crippen LogP contribution in [-0.4, -0.2) is 6.21 Å². The van der Waals surface area contributed by atoms with Crippen molar-refractivity contribution in [3.8, 4) is 0 Å². The molecule has 0 amide bonds. The minimum absolute atomic E-state index is 0.916. The first-order valence-electron chi connectivity index (χ1n) is 5.44. The zero-order valence-corrected chi connectivity index (χ0v) is 9.88. The third-order valence-electron chi connectivity index (χ3n) is 2.58. The summed E-state index contributed by atoms with van der Waals surface area (Å²) < 4.78 is 0. The monoisotopic (exact) mass is 201 g/mol. The highest BCUT2D eigenvalue weighted by Crippen LogP contribution is 2.25. The molecule has 1 heteroatoms. The largest absolute Gasteiger partial charge is 0.261 e. The van der Waals surface area contributed by atoms with E-state index in [1.54, 1.807) is 0 Å². The van der Waals surface area contributed by atoms with E-state index in [4.69, 9.17) is 0 Å². The van der Waals surface area contributed by atoms with Crippen LogP contribution in [0.4, 0.5) is 5.69 Å². The smallest absolute Gasteiger partial charge is 0.0660 e. The van der Waals surface area contributed by atoms with Gasteiger partial charge in [0.05, 0.1) is 5.69 Å². The van der Waals surface area contributed by atoms with Gasteiger partial charge in [0.2, 0.25) is 0 Å². The van der Waals surface area contributed by atoms with Gasteiger partial charge in [0.15, 0.2) is 0 Å². The van der Waals surface area contributed by atoms with Crippen molar-refractivity contribution < 1.29 is 0 Å². The third-order valence-corrected chi connectivity index (χ3v) is 2.58. The Bertz CT molecular complexity index is 375. The number of allylic oxidation sites excluding steroid dienone is 1. The lowest BCUT2D eigenvalue weighted by Gasteiger charge is -2.09. The van der Waals surface area contributed by atoms with Crippen LogP contribution in [0.25, 0.3) is 0 Å². The van der Waals surface area contributed by atoms with Gasteiger partial charge in [0.25, 0.3) is 0 Å². The maximum atomic E-state index is 4.40. The Morgan fingerprint density at radius 3 is 2.67 bits per heavy atom. The molecule has 0 aliphatic heterocycles. The quantitative estimate of drug-likeness (QED) is 0.515. The van der Waals surface area contributed by atoms with Gasteiger partial charge in [0.1, 0.15) is 0 Å². The van der Waals surface area contributed by atoms with E-state index in [0.717, 1.165) is 18.5 Å². The van der Waals surface area contributed by atoms with E-state index in [1.165, 1.54) is 16.7 Å². The minimum atomic E-state index is 0.916. The summed E-state index contributed by atoms with van der Waals surface area (Å²) in [5.74, 6) is 0. The summed E-state index contributed by atoms with van der Waals surface area (Å²) in [5, 5.41) is 0. The summed E-state index contributed by atoms with van der Waals surface area (Å²) in [6.07, 6.45) is 5.76. The van der Waals surface area contributed by atoms with Crippen LogP contribution in [-0.2, 0) is 12.8 Å². The summed E-state index contributed by atoms with van der Waals surface area (Å²) in [7, 11) is 0. The molecule has 0 N–H and O–H groups in total. The number of nitrogens with zero attached hydrogens (tertiary/aromatic N) is 1. The van der Waals surface area contributed by atoms with E-state index in [2.05, 4.69) is 37.6 Å². The van der Waals surface area contributed by atoms with E-state index in [0.29, 0.717) is 0 Å². The van der Waals surface area contributed by atoms with Crippen LogP contribution in [0.15, 0.2) is 29.8 Å². The molecule has 0 fully saturated rings. The molecule has 0 aromatic heterocycles. The van der Waals surface area contributed by atoms with Crippen LogP contribution >= 0.6 is 0 Å². The molecule has 0 heterocycles. The SMILES string of the molecule is C=CCc1cc(CC)c(C)c(N=CC)c1. The van der Waals surface area contributed by atoms with Crippen molar-refractivity contribution in [2.75, 3.05) is 0 Å². The molecule has 0 aliphatic carbocycles. The molecule has 1 nitrogen and oxygen atoms in total. The number of rotatable bonds is 4. The fourth-order valence-corrected chi connectivity index (χ4v) is 1.75. The molecule has 1 aromatic carbocycles. The molecule has 15 heavy (non-hydrogen) atoms. The van der Waals surface area contributed by atoms with Gasteiger partial charge in [-0.2, -0.15) is 0 Å². The van der Waals surface area contributed by atoms with Gasteiger partial charge < -0.3 is 0 Å². The van der Waals surface area contributed by atoms with Crippen LogP contribution in [0.2, 0.25) is 0 Å². The topological polar surface area (TPSA) is 12.4 Å². The zero-order valence-electron chi connectivity index (χ0n) is 9.88. The first-order chi connectivity index (χ1) is 7.22. The van der Waals surface area contributed by atoms with Gasteiger partial charge in [-0.15, -0.1) is 6.58 Å². The van der Waals surface area contributed by atoms with Crippen molar-refractivity contribution in [3.05, 3.63) is 41.5 Å². The molecule has 0 atom stereocenters. The van der Waals surface area contributed by atoms with Crippen molar-refractivity contribution in [1.82, 2.24) is 0 Å². The maximum absolute atomic E-state index is 4.40. The second kappa shape index (κ2) is 5.50. The molecule has 80 valence electrons. The van der Waals surface area contributed by atoms with Gasteiger partial charge >= 0.3 is 0 Å². The first kappa shape index (κ1) is 11.7. The molecule has 0 aliphatic rings. The van der Waals surface area contributed by atoms with E-state index in [-0.39, 0.29) is 0 Å². The summed E-state index contributed by atoms with van der Waals surface area (Å²) in [5.41, 5.74) is 5.07. The van der Waals surface area contributed by atoms with Gasteiger partial charge in [-0.3, -0.25) is 4.99 Å². The normalized spacial score (nSPS) is 10.9. The predicted molar refractivity (Wildman–Crippen MR) is 68.3 cm³/mol. The van der Waals surface area contributed by atoms with Crippen LogP contribution in [0.1, 0.15) is 30.5 Å². The number of aryl methyl sites for hydroxylation is 1. The van der Waals surface area contributed by atoms with E-state index in [1.807, 2.05) is 19.2 Å². The Kier molecular flexibility index (Phi) is 4.29. The average molecular weight is 201 g/mol. The van der Waals surface area contributed by atoms with Crippen LogP contribution < -0.4 is 0 Å². The Labute approximate surface area is 92.6 Å². The Balaban J connectivity index is 3.24. The van der Waals surface area contributed by atoms with Crippen molar-refractivity contribution in [3.63, 3.8) is 0 Å². The highest BCUT2D eigenvalue weighted by molar-refractivity contribution is 5.64. The van der Waals surface area contributed by atoms with Crippen LogP contribution in [0.3, 0.4) is 0 Å². The molecule has 0 radical (unpaired) electrons. The summed E-state index contributed by atoms with van der Waals surface area (Å²) in [6.45, 7) is 10.0. The lowest BCUT2D eigenvalue weighted by atomic mass is 9.99. The summed E-state index contributed by atoms with van der Waals surface area (Å²) in [4.78, 5) is 4.40. The molecule has 0 unspecified atom stereocenters. The second-order valence-corrected chi connectivity index (χ2v) is 3.63. The fraction of sp³-hybridized carbons (Fsp3) is 0.357. The standard InChI is InChI=1S/C14H19N/c1-5-8-12-9-13(6-2)11(4)14(10-12)15-7-3/h5,7,9-10H,1,6,8H2,2-4H3. The van der Waals surface area contributed by atoms with Gasteiger partial charge in [-0.05, 0) is 49.4 Å². The van der Waals surface area contributed by atoms with Gasteiger partial charge in [0, 0.05) is 6.21 Å². The Morgan fingerprint density at radius 2 is 2.13 bits per heavy atom. The molecule has 0 saturated carbocycles. The van der Waals surface area contributed by atoms with Crippen molar-refractivity contribution in [2.24, 2.45) is 4.99 Å². The molecule has 1 aromatic rings. The Morgan fingerprint density at radius 1 is 1.40 bits per heavy atom. The number of aliphatic imine (C=N–C) groups is 1. The Hall–Kier alpha value is -1.37. The maximum Gasteiger partial charge on any atom is 0.0660 e. The van der Waals surface area contributed by atoms with Crippen LogP contribution in [0.5, 0.6) is 0 Å². The van der Waals surface area contributed by atoms with Crippen molar-refractivity contribution >= 4 is 11.9 Å². The van der Waals surface area contributed by atoms with E-state index < -0.39 is 0 Å². The highest BCUT2D eigenvalue weighted by atomic mass is 14.7. The second-order valence-electron chi connectivity index (χ2n) is 3.63. The van der Waals surface area contributed by atoms with Crippen molar-refractivity contribution in [1.29, 1.82) is 0 Å². The lowest BCUT2D eigenvalue weighted by Crippen LogP contribution is -1.91. The fourth-order valence-electron chi connectivity index (χ4n) is 1.75. The minimum Gasteiger partial charge on any atom is -0.261 e. The summed E-state index contributed by atoms with van der Waals surface area (Å²) in [6, 6.07) is 4.40. The molecular formula is C14H19N. The summed E-state index contributed by atoms with van der Waals surface area (Å²) >= 11 is 0. The van der Waals surface area contributed by atoms with Crippen molar-refractivity contribution in [2.45, 2.75) is 33.6 Å². The lowest BCUT2D eigenvalue weighted by molar-refractivity contribution is 1.09. The van der Waals surface area contributed by atoms with E-state index >= 15 is 0 Å². The molecule has 0 spiro atoms. The predicted octanol–water partition coefficient (Wildman–Crippen LogP) is 4.01. The molecule has 0 bridgehead atoms. The number of hydrogen-bond acceptors (Lipinski definition) is 1.